The molecule has 0 radical (unpaired) electrons. The van der Waals surface area contributed by atoms with Crippen molar-refractivity contribution in [2.45, 2.75) is 13.8 Å². The van der Waals surface area contributed by atoms with E-state index in [0.717, 1.165) is 22.3 Å². The third kappa shape index (κ3) is 4.97. The van der Waals surface area contributed by atoms with Gasteiger partial charge in [-0.3, -0.25) is 0 Å². The highest BCUT2D eigenvalue weighted by Crippen LogP contribution is 2.31. The van der Waals surface area contributed by atoms with Gasteiger partial charge in [0.15, 0.2) is 0 Å². The van der Waals surface area contributed by atoms with Crippen LogP contribution < -0.4 is 0 Å². The van der Waals surface area contributed by atoms with Crippen LogP contribution in [0.1, 0.15) is 13.8 Å². The Bertz CT molecular complexity index is 1460. The fourth-order valence-electron chi connectivity index (χ4n) is 4.16. The SMILES string of the molecule is CCOC(=O)n1nc(-c2cccc(-c3cc(-c4ccccc4)n(C(=O)OCC)n3)c2)cc1-c1ccccc1. The van der Waals surface area contributed by atoms with Gasteiger partial charge in [-0.2, -0.15) is 19.6 Å². The lowest BCUT2D eigenvalue weighted by Gasteiger charge is -2.05. The fourth-order valence-corrected chi connectivity index (χ4v) is 4.16. The summed E-state index contributed by atoms with van der Waals surface area (Å²) >= 11 is 0. The van der Waals surface area contributed by atoms with Crippen molar-refractivity contribution in [3.05, 3.63) is 97.1 Å². The van der Waals surface area contributed by atoms with E-state index in [4.69, 9.17) is 9.47 Å². The van der Waals surface area contributed by atoms with Crippen LogP contribution in [0.4, 0.5) is 9.59 Å². The van der Waals surface area contributed by atoms with Crippen molar-refractivity contribution in [2.24, 2.45) is 0 Å². The van der Waals surface area contributed by atoms with Crippen molar-refractivity contribution in [1.82, 2.24) is 19.6 Å². The molecule has 0 fully saturated rings. The second-order valence-corrected chi connectivity index (χ2v) is 8.36. The zero-order valence-electron chi connectivity index (χ0n) is 21.1. The first-order chi connectivity index (χ1) is 18.6. The predicted octanol–water partition coefficient (Wildman–Crippen LogP) is 6.76. The lowest BCUT2D eigenvalue weighted by atomic mass is 10.0. The zero-order valence-corrected chi connectivity index (χ0v) is 21.1. The summed E-state index contributed by atoms with van der Waals surface area (Å²) in [6.07, 6.45) is -1.09. The van der Waals surface area contributed by atoms with E-state index in [0.29, 0.717) is 22.8 Å². The van der Waals surface area contributed by atoms with E-state index in [9.17, 15) is 9.59 Å². The minimum Gasteiger partial charge on any atom is -0.448 e. The standard InChI is InChI=1S/C30H26N4O4/c1-3-37-29(35)33-27(21-12-7-5-8-13-21)19-25(31-33)23-16-11-17-24(18-23)26-20-28(22-14-9-6-10-15-22)34(32-26)30(36)38-4-2/h5-20H,3-4H2,1-2H3. The van der Waals surface area contributed by atoms with E-state index < -0.39 is 12.2 Å². The Morgan fingerprint density at radius 1 is 0.579 bits per heavy atom. The summed E-state index contributed by atoms with van der Waals surface area (Å²) in [6.45, 7) is 4.00. The van der Waals surface area contributed by atoms with Gasteiger partial charge in [0, 0.05) is 22.3 Å². The van der Waals surface area contributed by atoms with Crippen LogP contribution in [0, 0.1) is 0 Å². The van der Waals surface area contributed by atoms with Gasteiger partial charge in [0.05, 0.1) is 36.0 Å². The van der Waals surface area contributed by atoms with Crippen LogP contribution in [-0.2, 0) is 9.47 Å². The topological polar surface area (TPSA) is 88.2 Å². The van der Waals surface area contributed by atoms with Gasteiger partial charge in [-0.05, 0) is 32.0 Å². The first kappa shape index (κ1) is 24.7. The minimum atomic E-state index is -0.547. The molecule has 3 aromatic carbocycles. The molecule has 0 saturated carbocycles. The second kappa shape index (κ2) is 11.0. The summed E-state index contributed by atoms with van der Waals surface area (Å²) in [7, 11) is 0. The van der Waals surface area contributed by atoms with Crippen molar-refractivity contribution >= 4 is 12.2 Å². The van der Waals surface area contributed by atoms with Gasteiger partial charge < -0.3 is 9.47 Å². The maximum absolute atomic E-state index is 12.7. The lowest BCUT2D eigenvalue weighted by Crippen LogP contribution is -2.16. The Balaban J connectivity index is 1.57. The van der Waals surface area contributed by atoms with E-state index in [1.807, 2.05) is 97.1 Å². The molecule has 8 nitrogen and oxygen atoms in total. The number of benzene rings is 3. The molecule has 0 aliphatic carbocycles. The number of carbonyl (C=O) groups is 2. The van der Waals surface area contributed by atoms with Crippen LogP contribution in [0.2, 0.25) is 0 Å². The molecule has 0 bridgehead atoms. The van der Waals surface area contributed by atoms with Gasteiger partial charge >= 0.3 is 12.2 Å². The number of nitrogens with zero attached hydrogens (tertiary/aromatic N) is 4. The van der Waals surface area contributed by atoms with Crippen molar-refractivity contribution in [1.29, 1.82) is 0 Å². The highest BCUT2D eigenvalue weighted by molar-refractivity contribution is 5.83. The molecule has 5 aromatic rings. The van der Waals surface area contributed by atoms with Gasteiger partial charge in [-0.1, -0.05) is 78.9 Å². The van der Waals surface area contributed by atoms with E-state index in [-0.39, 0.29) is 13.2 Å². The third-order valence-electron chi connectivity index (χ3n) is 5.89. The number of rotatable bonds is 6. The average molecular weight is 507 g/mol. The molecule has 0 atom stereocenters. The van der Waals surface area contributed by atoms with E-state index in [1.165, 1.54) is 9.36 Å². The summed E-state index contributed by atoms with van der Waals surface area (Å²) in [5.41, 5.74) is 5.72. The van der Waals surface area contributed by atoms with Crippen LogP contribution >= 0.6 is 0 Å². The van der Waals surface area contributed by atoms with E-state index >= 15 is 0 Å². The molecule has 5 rings (SSSR count). The maximum Gasteiger partial charge on any atom is 0.435 e. The first-order valence-electron chi connectivity index (χ1n) is 12.3. The number of hydrogen-bond donors (Lipinski definition) is 0. The molecule has 0 amide bonds. The monoisotopic (exact) mass is 506 g/mol. The number of carbonyl (C=O) groups excluding carboxylic acids is 2. The summed E-state index contributed by atoms with van der Waals surface area (Å²) < 4.78 is 13.0. The van der Waals surface area contributed by atoms with Gasteiger partial charge in [0.25, 0.3) is 0 Å². The van der Waals surface area contributed by atoms with Gasteiger partial charge in [0.1, 0.15) is 0 Å². The lowest BCUT2D eigenvalue weighted by molar-refractivity contribution is 0.150. The Labute approximate surface area is 220 Å². The summed E-state index contributed by atoms with van der Waals surface area (Å²) in [5.74, 6) is 0. The Morgan fingerprint density at radius 2 is 0.974 bits per heavy atom. The van der Waals surface area contributed by atoms with Gasteiger partial charge in [0.2, 0.25) is 0 Å². The molecule has 0 aliphatic heterocycles. The largest absolute Gasteiger partial charge is 0.448 e. The predicted molar refractivity (Wildman–Crippen MR) is 145 cm³/mol. The summed E-state index contributed by atoms with van der Waals surface area (Å²) in [5, 5.41) is 9.15. The van der Waals surface area contributed by atoms with Crippen molar-refractivity contribution < 1.29 is 19.1 Å². The van der Waals surface area contributed by atoms with Crippen LogP contribution in [0.15, 0.2) is 97.1 Å². The molecule has 2 aromatic heterocycles. The zero-order chi connectivity index (χ0) is 26.5. The Kier molecular flexibility index (Phi) is 7.13. The third-order valence-corrected chi connectivity index (χ3v) is 5.89. The van der Waals surface area contributed by atoms with Crippen molar-refractivity contribution in [3.63, 3.8) is 0 Å². The quantitative estimate of drug-likeness (QED) is 0.253. The minimum absolute atomic E-state index is 0.241. The van der Waals surface area contributed by atoms with Gasteiger partial charge in [-0.25, -0.2) is 9.59 Å². The normalized spacial score (nSPS) is 10.8. The molecule has 0 spiro atoms. The smallest absolute Gasteiger partial charge is 0.435 e. The van der Waals surface area contributed by atoms with E-state index in [1.54, 1.807) is 13.8 Å². The van der Waals surface area contributed by atoms with Crippen LogP contribution in [0.3, 0.4) is 0 Å². The number of ether oxygens (including phenoxy) is 2. The molecule has 38 heavy (non-hydrogen) atoms. The van der Waals surface area contributed by atoms with Crippen molar-refractivity contribution in [2.75, 3.05) is 13.2 Å². The highest BCUT2D eigenvalue weighted by Gasteiger charge is 2.20. The molecular weight excluding hydrogens is 480 g/mol. The Morgan fingerprint density at radius 3 is 1.37 bits per heavy atom. The second-order valence-electron chi connectivity index (χ2n) is 8.36. The molecule has 0 aliphatic rings. The van der Waals surface area contributed by atoms with E-state index in [2.05, 4.69) is 10.2 Å². The van der Waals surface area contributed by atoms with Crippen LogP contribution in [-0.4, -0.2) is 45.0 Å². The highest BCUT2D eigenvalue weighted by atomic mass is 16.6. The molecule has 0 saturated heterocycles. The maximum atomic E-state index is 12.7. The van der Waals surface area contributed by atoms with Crippen LogP contribution in [0.5, 0.6) is 0 Å². The Hall–Kier alpha value is -4.98. The molecule has 0 N–H and O–H groups in total. The molecule has 190 valence electrons. The summed E-state index contributed by atoms with van der Waals surface area (Å²) in [6, 6.07) is 30.5. The van der Waals surface area contributed by atoms with Crippen molar-refractivity contribution in [3.8, 4) is 45.0 Å². The number of aromatic nitrogens is 4. The molecule has 8 heteroatoms. The first-order valence-corrected chi connectivity index (χ1v) is 12.3. The number of hydrogen-bond acceptors (Lipinski definition) is 6. The molecule has 0 unspecified atom stereocenters. The van der Waals surface area contributed by atoms with Crippen LogP contribution in [0.25, 0.3) is 45.0 Å². The average Bonchev–Trinajstić information content (AvgIpc) is 3.61. The molecular formula is C30H26N4O4. The van der Waals surface area contributed by atoms with Gasteiger partial charge in [-0.15, -0.1) is 0 Å². The summed E-state index contributed by atoms with van der Waals surface area (Å²) in [4.78, 5) is 25.4. The molecule has 2 heterocycles. The fraction of sp³-hybridized carbons (Fsp3) is 0.133.